The van der Waals surface area contributed by atoms with Crippen LogP contribution in [-0.2, 0) is 17.8 Å². The lowest BCUT2D eigenvalue weighted by Crippen LogP contribution is -2.45. The summed E-state index contributed by atoms with van der Waals surface area (Å²) in [6.07, 6.45) is 2.38. The molecule has 0 saturated heterocycles. The summed E-state index contributed by atoms with van der Waals surface area (Å²) < 4.78 is 4.70. The molecule has 142 valence electrons. The summed E-state index contributed by atoms with van der Waals surface area (Å²) in [4.78, 5) is 26.3. The number of methoxy groups -OCH3 is 1. The number of ether oxygens (including phenoxy) is 1. The number of nitrogens with zero attached hydrogens (tertiary/aromatic N) is 1. The van der Waals surface area contributed by atoms with Crippen LogP contribution in [0.4, 0.5) is 4.79 Å². The van der Waals surface area contributed by atoms with Crippen LogP contribution in [0.15, 0.2) is 54.6 Å². The van der Waals surface area contributed by atoms with Crippen molar-refractivity contribution in [3.8, 4) is 0 Å². The van der Waals surface area contributed by atoms with E-state index >= 15 is 0 Å². The standard InChI is InChI=1S/C22H26N2O3/c1-16(19-12-13-19)24(15-18-6-4-3-5-7-18)22(26)23-14-17-8-10-20(11-9-17)21(25)27-2/h3-11,16,19H,12-15H2,1-2H3,(H,23,26)/t16-/m1/s1. The summed E-state index contributed by atoms with van der Waals surface area (Å²) in [5, 5.41) is 3.02. The molecule has 0 aromatic heterocycles. The zero-order valence-electron chi connectivity index (χ0n) is 15.9. The van der Waals surface area contributed by atoms with Gasteiger partial charge in [0, 0.05) is 19.1 Å². The van der Waals surface area contributed by atoms with Crippen LogP contribution in [0.5, 0.6) is 0 Å². The van der Waals surface area contributed by atoms with Crippen molar-refractivity contribution < 1.29 is 14.3 Å². The van der Waals surface area contributed by atoms with Gasteiger partial charge in [0.1, 0.15) is 0 Å². The van der Waals surface area contributed by atoms with E-state index in [1.165, 1.54) is 20.0 Å². The molecule has 0 unspecified atom stereocenters. The average molecular weight is 366 g/mol. The van der Waals surface area contributed by atoms with E-state index in [1.54, 1.807) is 12.1 Å². The molecule has 5 heteroatoms. The molecule has 1 saturated carbocycles. The number of hydrogen-bond acceptors (Lipinski definition) is 3. The number of carbonyl (C=O) groups is 2. The summed E-state index contributed by atoms with van der Waals surface area (Å²) in [6.45, 7) is 3.15. The molecule has 0 radical (unpaired) electrons. The molecular weight excluding hydrogens is 340 g/mol. The van der Waals surface area contributed by atoms with Crippen LogP contribution in [0.25, 0.3) is 0 Å². The number of esters is 1. The molecule has 1 fully saturated rings. The normalized spacial score (nSPS) is 14.3. The molecule has 3 rings (SSSR count). The third kappa shape index (κ3) is 5.09. The molecular formula is C22H26N2O3. The van der Waals surface area contributed by atoms with Crippen LogP contribution in [0, 0.1) is 5.92 Å². The van der Waals surface area contributed by atoms with E-state index in [1.807, 2.05) is 47.4 Å². The Morgan fingerprint density at radius 2 is 1.74 bits per heavy atom. The second-order valence-electron chi connectivity index (χ2n) is 7.04. The van der Waals surface area contributed by atoms with Crippen molar-refractivity contribution in [3.63, 3.8) is 0 Å². The van der Waals surface area contributed by atoms with Crippen LogP contribution < -0.4 is 5.32 Å². The maximum absolute atomic E-state index is 12.9. The van der Waals surface area contributed by atoms with Gasteiger partial charge in [0.25, 0.3) is 0 Å². The summed E-state index contributed by atoms with van der Waals surface area (Å²) in [6, 6.07) is 17.3. The van der Waals surface area contributed by atoms with Gasteiger partial charge >= 0.3 is 12.0 Å². The highest BCUT2D eigenvalue weighted by Crippen LogP contribution is 2.35. The molecule has 1 atom stereocenters. The molecule has 2 aromatic rings. The first-order valence-corrected chi connectivity index (χ1v) is 9.34. The average Bonchev–Trinajstić information content (AvgIpc) is 3.55. The molecule has 27 heavy (non-hydrogen) atoms. The van der Waals surface area contributed by atoms with E-state index in [-0.39, 0.29) is 18.0 Å². The summed E-state index contributed by atoms with van der Waals surface area (Å²) in [7, 11) is 1.36. The fraction of sp³-hybridized carbons (Fsp3) is 0.364. The summed E-state index contributed by atoms with van der Waals surface area (Å²) in [5.74, 6) is 0.233. The predicted molar refractivity (Wildman–Crippen MR) is 104 cm³/mol. The lowest BCUT2D eigenvalue weighted by atomic mass is 10.1. The topological polar surface area (TPSA) is 58.6 Å². The maximum atomic E-state index is 12.9. The third-order valence-electron chi connectivity index (χ3n) is 5.07. The third-order valence-corrected chi connectivity index (χ3v) is 5.07. The Morgan fingerprint density at radius 1 is 1.07 bits per heavy atom. The monoisotopic (exact) mass is 366 g/mol. The number of benzene rings is 2. The lowest BCUT2D eigenvalue weighted by molar-refractivity contribution is 0.0600. The van der Waals surface area contributed by atoms with Crippen molar-refractivity contribution in [1.82, 2.24) is 10.2 Å². The highest BCUT2D eigenvalue weighted by Gasteiger charge is 2.34. The van der Waals surface area contributed by atoms with Gasteiger partial charge in [-0.25, -0.2) is 9.59 Å². The van der Waals surface area contributed by atoms with Gasteiger partial charge in [0.2, 0.25) is 0 Å². The van der Waals surface area contributed by atoms with E-state index in [0.717, 1.165) is 11.1 Å². The fourth-order valence-corrected chi connectivity index (χ4v) is 3.17. The van der Waals surface area contributed by atoms with Crippen LogP contribution in [0.3, 0.4) is 0 Å². The van der Waals surface area contributed by atoms with E-state index in [4.69, 9.17) is 4.74 Å². The van der Waals surface area contributed by atoms with Gasteiger partial charge in [-0.2, -0.15) is 0 Å². The molecule has 0 spiro atoms. The van der Waals surface area contributed by atoms with Crippen molar-refractivity contribution in [1.29, 1.82) is 0 Å². The number of urea groups is 1. The molecule has 1 N–H and O–H groups in total. The van der Waals surface area contributed by atoms with E-state index in [0.29, 0.717) is 24.6 Å². The molecule has 5 nitrogen and oxygen atoms in total. The van der Waals surface area contributed by atoms with E-state index < -0.39 is 0 Å². The minimum absolute atomic E-state index is 0.0599. The number of hydrogen-bond donors (Lipinski definition) is 1. The van der Waals surface area contributed by atoms with Crippen LogP contribution in [0.1, 0.15) is 41.3 Å². The first-order chi connectivity index (χ1) is 13.1. The molecule has 0 heterocycles. The smallest absolute Gasteiger partial charge is 0.337 e. The Bertz CT molecular complexity index is 770. The summed E-state index contributed by atoms with van der Waals surface area (Å²) in [5.41, 5.74) is 2.57. The number of rotatable bonds is 7. The Balaban J connectivity index is 1.62. The number of amides is 2. The molecule has 2 aromatic carbocycles. The van der Waals surface area contributed by atoms with Gasteiger partial charge in [-0.05, 0) is 48.9 Å². The van der Waals surface area contributed by atoms with Crippen molar-refractivity contribution in [2.45, 2.75) is 38.9 Å². The fourth-order valence-electron chi connectivity index (χ4n) is 3.17. The Labute approximate surface area is 160 Å². The second kappa shape index (κ2) is 8.71. The van der Waals surface area contributed by atoms with Crippen molar-refractivity contribution in [3.05, 3.63) is 71.3 Å². The Hall–Kier alpha value is -2.82. The minimum Gasteiger partial charge on any atom is -0.465 e. The predicted octanol–water partition coefficient (Wildman–Crippen LogP) is 3.98. The second-order valence-corrected chi connectivity index (χ2v) is 7.04. The van der Waals surface area contributed by atoms with Crippen LogP contribution >= 0.6 is 0 Å². The minimum atomic E-state index is -0.363. The lowest BCUT2D eigenvalue weighted by Gasteiger charge is -2.30. The quantitative estimate of drug-likeness (QED) is 0.754. The van der Waals surface area contributed by atoms with Gasteiger partial charge in [0.15, 0.2) is 0 Å². The molecule has 1 aliphatic carbocycles. The first kappa shape index (κ1) is 19.0. The van der Waals surface area contributed by atoms with Gasteiger partial charge in [-0.1, -0.05) is 42.5 Å². The zero-order valence-corrected chi connectivity index (χ0v) is 15.9. The highest BCUT2D eigenvalue weighted by atomic mass is 16.5. The largest absolute Gasteiger partial charge is 0.465 e. The zero-order chi connectivity index (χ0) is 19.2. The van der Waals surface area contributed by atoms with Gasteiger partial charge < -0.3 is 15.0 Å². The summed E-state index contributed by atoms with van der Waals surface area (Å²) >= 11 is 0. The first-order valence-electron chi connectivity index (χ1n) is 9.34. The van der Waals surface area contributed by atoms with Crippen molar-refractivity contribution in [2.24, 2.45) is 5.92 Å². The molecule has 0 aliphatic heterocycles. The maximum Gasteiger partial charge on any atom is 0.337 e. The number of nitrogens with one attached hydrogen (secondary N) is 1. The van der Waals surface area contributed by atoms with Gasteiger partial charge in [-0.15, -0.1) is 0 Å². The van der Waals surface area contributed by atoms with E-state index in [9.17, 15) is 9.59 Å². The molecule has 2 amide bonds. The van der Waals surface area contributed by atoms with Crippen LogP contribution in [-0.4, -0.2) is 30.1 Å². The van der Waals surface area contributed by atoms with Crippen LogP contribution in [0.2, 0.25) is 0 Å². The van der Waals surface area contributed by atoms with E-state index in [2.05, 4.69) is 12.2 Å². The Morgan fingerprint density at radius 3 is 2.33 bits per heavy atom. The van der Waals surface area contributed by atoms with Crippen molar-refractivity contribution >= 4 is 12.0 Å². The van der Waals surface area contributed by atoms with Gasteiger partial charge in [0.05, 0.1) is 12.7 Å². The highest BCUT2D eigenvalue weighted by molar-refractivity contribution is 5.89. The van der Waals surface area contributed by atoms with Gasteiger partial charge in [-0.3, -0.25) is 0 Å². The molecule has 1 aliphatic rings. The molecule has 0 bridgehead atoms. The number of carbonyl (C=O) groups excluding carboxylic acids is 2. The Kier molecular flexibility index (Phi) is 6.12. The van der Waals surface area contributed by atoms with Crippen molar-refractivity contribution in [2.75, 3.05) is 7.11 Å². The SMILES string of the molecule is COC(=O)c1ccc(CNC(=O)N(Cc2ccccc2)[C@H](C)C2CC2)cc1.